The van der Waals surface area contributed by atoms with Crippen LogP contribution in [0.2, 0.25) is 0 Å². The first-order valence-electron chi connectivity index (χ1n) is 6.28. The fraction of sp³-hybridized carbons (Fsp3) is 0.462. The zero-order chi connectivity index (χ0) is 12.7. The number of aliphatic hydroxyl groups excluding tert-OH is 1. The minimum atomic E-state index is -0.208. The number of H-pyrrole nitrogens is 1. The Bertz CT molecular complexity index is 565. The summed E-state index contributed by atoms with van der Waals surface area (Å²) in [5.74, 6) is 0.927. The van der Waals surface area contributed by atoms with Crippen LogP contribution in [0.1, 0.15) is 19.2 Å². The second-order valence-electron chi connectivity index (χ2n) is 5.13. The van der Waals surface area contributed by atoms with Crippen molar-refractivity contribution in [3.05, 3.63) is 24.0 Å². The Hall–Kier alpha value is -1.59. The van der Waals surface area contributed by atoms with Crippen LogP contribution in [0.25, 0.3) is 11.0 Å². The second-order valence-corrected chi connectivity index (χ2v) is 5.13. The zero-order valence-corrected chi connectivity index (χ0v) is 10.4. The number of aliphatic hydroxyl groups is 1. The Kier molecular flexibility index (Phi) is 2.72. The minimum absolute atomic E-state index is 0.208. The SMILES string of the molecule is C[C@H]1C[C@H](O)CN1Cc1nc2cc(N)ccc2[nH]1. The predicted octanol–water partition coefficient (Wildman–Crippen LogP) is 1.10. The lowest BCUT2D eigenvalue weighted by molar-refractivity contribution is 0.172. The molecular weight excluding hydrogens is 228 g/mol. The number of nitrogens with zero attached hydrogens (tertiary/aromatic N) is 2. The molecule has 1 aliphatic rings. The standard InChI is InChI=1S/C13H18N4O/c1-8-4-10(18)6-17(8)7-13-15-11-3-2-9(14)5-12(11)16-13/h2-3,5,8,10,18H,4,6-7,14H2,1H3,(H,15,16)/t8-,10-/m0/s1. The lowest BCUT2D eigenvalue weighted by atomic mass is 10.2. The number of imidazole rings is 1. The molecular formula is C13H18N4O. The number of aromatic nitrogens is 2. The van der Waals surface area contributed by atoms with Crippen molar-refractivity contribution in [3.63, 3.8) is 0 Å². The van der Waals surface area contributed by atoms with E-state index >= 15 is 0 Å². The van der Waals surface area contributed by atoms with Gasteiger partial charge in [-0.05, 0) is 31.5 Å². The van der Waals surface area contributed by atoms with Gasteiger partial charge in [0.25, 0.3) is 0 Å². The lowest BCUT2D eigenvalue weighted by Crippen LogP contribution is -2.27. The molecule has 1 aliphatic heterocycles. The van der Waals surface area contributed by atoms with Gasteiger partial charge in [-0.1, -0.05) is 0 Å². The third kappa shape index (κ3) is 2.07. The molecule has 18 heavy (non-hydrogen) atoms. The second kappa shape index (κ2) is 4.26. The predicted molar refractivity (Wildman–Crippen MR) is 71.0 cm³/mol. The smallest absolute Gasteiger partial charge is 0.121 e. The summed E-state index contributed by atoms with van der Waals surface area (Å²) in [7, 11) is 0. The van der Waals surface area contributed by atoms with E-state index in [1.165, 1.54) is 0 Å². The molecule has 1 saturated heterocycles. The summed E-state index contributed by atoms with van der Waals surface area (Å²) in [5.41, 5.74) is 8.37. The number of likely N-dealkylation sites (tertiary alicyclic amines) is 1. The molecule has 0 radical (unpaired) electrons. The number of hydrogen-bond acceptors (Lipinski definition) is 4. The van der Waals surface area contributed by atoms with E-state index < -0.39 is 0 Å². The summed E-state index contributed by atoms with van der Waals surface area (Å²) in [6.07, 6.45) is 0.632. The minimum Gasteiger partial charge on any atom is -0.399 e. The molecule has 2 aromatic rings. The molecule has 5 nitrogen and oxygen atoms in total. The molecule has 1 fully saturated rings. The molecule has 3 rings (SSSR count). The van der Waals surface area contributed by atoms with Crippen molar-refractivity contribution in [3.8, 4) is 0 Å². The van der Waals surface area contributed by atoms with Gasteiger partial charge in [-0.3, -0.25) is 4.90 Å². The summed E-state index contributed by atoms with van der Waals surface area (Å²) in [6, 6.07) is 6.09. The van der Waals surface area contributed by atoms with Gasteiger partial charge in [0.05, 0.1) is 23.7 Å². The number of nitrogens with one attached hydrogen (secondary N) is 1. The van der Waals surface area contributed by atoms with E-state index in [1.807, 2.05) is 18.2 Å². The molecule has 0 saturated carbocycles. The molecule has 0 aliphatic carbocycles. The summed E-state index contributed by atoms with van der Waals surface area (Å²) >= 11 is 0. The van der Waals surface area contributed by atoms with Crippen molar-refractivity contribution in [2.45, 2.75) is 32.0 Å². The maximum Gasteiger partial charge on any atom is 0.121 e. The maximum absolute atomic E-state index is 9.64. The monoisotopic (exact) mass is 246 g/mol. The molecule has 2 heterocycles. The highest BCUT2D eigenvalue weighted by Gasteiger charge is 2.27. The quantitative estimate of drug-likeness (QED) is 0.693. The summed E-state index contributed by atoms with van der Waals surface area (Å²) in [4.78, 5) is 10.1. The topological polar surface area (TPSA) is 78.2 Å². The normalized spacial score (nSPS) is 25.0. The molecule has 96 valence electrons. The molecule has 5 heteroatoms. The molecule has 0 unspecified atom stereocenters. The van der Waals surface area contributed by atoms with Gasteiger partial charge in [0, 0.05) is 18.3 Å². The van der Waals surface area contributed by atoms with Crippen molar-refractivity contribution in [2.24, 2.45) is 0 Å². The van der Waals surface area contributed by atoms with Gasteiger partial charge in [0.15, 0.2) is 0 Å². The molecule has 1 aromatic heterocycles. The fourth-order valence-electron chi connectivity index (χ4n) is 2.63. The maximum atomic E-state index is 9.64. The van der Waals surface area contributed by atoms with Crippen molar-refractivity contribution in [1.29, 1.82) is 0 Å². The number of nitrogens with two attached hydrogens (primary N) is 1. The zero-order valence-electron chi connectivity index (χ0n) is 10.4. The van der Waals surface area contributed by atoms with Crippen LogP contribution >= 0.6 is 0 Å². The molecule has 0 amide bonds. The van der Waals surface area contributed by atoms with Crippen molar-refractivity contribution in [2.75, 3.05) is 12.3 Å². The van der Waals surface area contributed by atoms with E-state index in [1.54, 1.807) is 0 Å². The Labute approximate surface area is 106 Å². The first-order chi connectivity index (χ1) is 8.61. The van der Waals surface area contributed by atoms with Crippen LogP contribution in [0.15, 0.2) is 18.2 Å². The Morgan fingerprint density at radius 1 is 1.56 bits per heavy atom. The van der Waals surface area contributed by atoms with Crippen LogP contribution in [0.3, 0.4) is 0 Å². The number of rotatable bonds is 2. The molecule has 0 spiro atoms. The molecule has 4 N–H and O–H groups in total. The van der Waals surface area contributed by atoms with Crippen molar-refractivity contribution < 1.29 is 5.11 Å². The van der Waals surface area contributed by atoms with Crippen LogP contribution in [-0.2, 0) is 6.54 Å². The van der Waals surface area contributed by atoms with E-state index in [2.05, 4.69) is 21.8 Å². The Morgan fingerprint density at radius 2 is 2.39 bits per heavy atom. The van der Waals surface area contributed by atoms with Gasteiger partial charge in [0.2, 0.25) is 0 Å². The van der Waals surface area contributed by atoms with Crippen molar-refractivity contribution in [1.82, 2.24) is 14.9 Å². The first kappa shape index (κ1) is 11.5. The molecule has 0 bridgehead atoms. The van der Waals surface area contributed by atoms with E-state index in [0.29, 0.717) is 6.04 Å². The van der Waals surface area contributed by atoms with E-state index in [-0.39, 0.29) is 6.10 Å². The van der Waals surface area contributed by atoms with Crippen LogP contribution in [0.5, 0.6) is 0 Å². The fourth-order valence-corrected chi connectivity index (χ4v) is 2.63. The number of nitrogen functional groups attached to an aromatic ring is 1. The van der Waals surface area contributed by atoms with E-state index in [4.69, 9.17) is 5.73 Å². The number of aromatic amines is 1. The lowest BCUT2D eigenvalue weighted by Gasteiger charge is -2.18. The number of benzene rings is 1. The van der Waals surface area contributed by atoms with Crippen LogP contribution < -0.4 is 5.73 Å². The summed E-state index contributed by atoms with van der Waals surface area (Å²) < 4.78 is 0. The van der Waals surface area contributed by atoms with Gasteiger partial charge >= 0.3 is 0 Å². The summed E-state index contributed by atoms with van der Waals surface area (Å²) in [6.45, 7) is 3.60. The highest BCUT2D eigenvalue weighted by molar-refractivity contribution is 5.78. The van der Waals surface area contributed by atoms with Gasteiger partial charge in [-0.15, -0.1) is 0 Å². The number of hydrogen-bond donors (Lipinski definition) is 3. The number of anilines is 1. The highest BCUT2D eigenvalue weighted by Crippen LogP contribution is 2.21. The van der Waals surface area contributed by atoms with Gasteiger partial charge < -0.3 is 15.8 Å². The number of β-amino-alcohol motifs (C(OH)–C–C–N with tert-alkyl or cyclic N) is 1. The van der Waals surface area contributed by atoms with Crippen LogP contribution in [0.4, 0.5) is 5.69 Å². The Balaban J connectivity index is 1.82. The highest BCUT2D eigenvalue weighted by atomic mass is 16.3. The average Bonchev–Trinajstić information content (AvgIpc) is 2.82. The van der Waals surface area contributed by atoms with Gasteiger partial charge in [-0.2, -0.15) is 0 Å². The van der Waals surface area contributed by atoms with Crippen molar-refractivity contribution >= 4 is 16.7 Å². The molecule has 1 aromatic carbocycles. The van der Waals surface area contributed by atoms with Gasteiger partial charge in [0.1, 0.15) is 5.82 Å². The third-order valence-electron chi connectivity index (χ3n) is 3.59. The van der Waals surface area contributed by atoms with Gasteiger partial charge in [-0.25, -0.2) is 4.98 Å². The third-order valence-corrected chi connectivity index (χ3v) is 3.59. The molecule has 2 atom stereocenters. The first-order valence-corrected chi connectivity index (χ1v) is 6.28. The summed E-state index contributed by atoms with van der Waals surface area (Å²) in [5, 5.41) is 9.64. The average molecular weight is 246 g/mol. The largest absolute Gasteiger partial charge is 0.399 e. The Morgan fingerprint density at radius 3 is 3.11 bits per heavy atom. The van der Waals surface area contributed by atoms with Crippen LogP contribution in [0, 0.1) is 0 Å². The van der Waals surface area contributed by atoms with E-state index in [9.17, 15) is 5.11 Å². The van der Waals surface area contributed by atoms with Crippen LogP contribution in [-0.4, -0.2) is 38.7 Å². The number of fused-ring (bicyclic) bond motifs is 1. The van der Waals surface area contributed by atoms with E-state index in [0.717, 1.165) is 42.1 Å².